The smallest absolute Gasteiger partial charge is 0.259 e. The fourth-order valence-corrected chi connectivity index (χ4v) is 7.37. The minimum Gasteiger partial charge on any atom is -0.352 e. The fraction of sp³-hybridized carbons (Fsp3) is 0.375. The lowest BCUT2D eigenvalue weighted by Gasteiger charge is -2.30. The summed E-state index contributed by atoms with van der Waals surface area (Å²) in [5.74, 6) is 0.0137. The summed E-state index contributed by atoms with van der Waals surface area (Å²) in [5, 5.41) is 2.98. The molecule has 210 valence electrons. The monoisotopic (exact) mass is 559 g/mol. The van der Waals surface area contributed by atoms with Crippen LogP contribution in [0, 0.1) is 19.8 Å². The van der Waals surface area contributed by atoms with Gasteiger partial charge >= 0.3 is 0 Å². The zero-order valence-electron chi connectivity index (χ0n) is 23.4. The van der Waals surface area contributed by atoms with Gasteiger partial charge in [-0.05, 0) is 93.6 Å². The van der Waals surface area contributed by atoms with E-state index in [1.54, 1.807) is 24.3 Å². The molecule has 0 saturated carbocycles. The lowest BCUT2D eigenvalue weighted by molar-refractivity contribution is 0.0946. The third-order valence-corrected chi connectivity index (χ3v) is 9.82. The zero-order valence-corrected chi connectivity index (χ0v) is 24.3. The number of carbonyl (C=O) groups is 2. The Balaban J connectivity index is 1.45. The molecule has 5 rings (SSSR count). The zero-order chi connectivity index (χ0) is 28.4. The highest BCUT2D eigenvalue weighted by atomic mass is 32.2. The number of nitrogens with zero attached hydrogens (tertiary/aromatic N) is 2. The molecule has 2 amide bonds. The van der Waals surface area contributed by atoms with Crippen molar-refractivity contribution in [3.8, 4) is 0 Å². The molecule has 1 saturated heterocycles. The Hall–Kier alpha value is -3.49. The Kier molecular flexibility index (Phi) is 8.10. The Labute approximate surface area is 237 Å². The van der Waals surface area contributed by atoms with Gasteiger partial charge in [0.2, 0.25) is 9.84 Å². The SMILES string of the molecule is Cc1ccc(C)c(CN2C(=O)c3ccccc3S(=O)(=O)c3ccc(C(=O)NCCCN4CCC[C@@H](C)C4)cc32)c1. The van der Waals surface area contributed by atoms with E-state index in [-0.39, 0.29) is 33.5 Å². The molecule has 2 heterocycles. The van der Waals surface area contributed by atoms with Crippen molar-refractivity contribution in [1.29, 1.82) is 0 Å². The predicted molar refractivity (Wildman–Crippen MR) is 157 cm³/mol. The van der Waals surface area contributed by atoms with Crippen molar-refractivity contribution in [1.82, 2.24) is 10.2 Å². The fourth-order valence-electron chi connectivity index (χ4n) is 5.74. The van der Waals surface area contributed by atoms with Crippen LogP contribution >= 0.6 is 0 Å². The molecule has 2 aliphatic rings. The van der Waals surface area contributed by atoms with Gasteiger partial charge in [0.1, 0.15) is 0 Å². The summed E-state index contributed by atoms with van der Waals surface area (Å²) in [7, 11) is -3.99. The van der Waals surface area contributed by atoms with Crippen molar-refractivity contribution in [2.75, 3.05) is 31.1 Å². The Morgan fingerprint density at radius 1 is 1.02 bits per heavy atom. The minimum absolute atomic E-state index is 0.0195. The van der Waals surface area contributed by atoms with Crippen LogP contribution in [-0.4, -0.2) is 51.3 Å². The molecule has 7 nitrogen and oxygen atoms in total. The number of anilines is 1. The Bertz CT molecular complexity index is 1550. The van der Waals surface area contributed by atoms with Gasteiger partial charge in [-0.3, -0.25) is 9.59 Å². The molecule has 0 spiro atoms. The average molecular weight is 560 g/mol. The van der Waals surface area contributed by atoms with E-state index in [4.69, 9.17) is 0 Å². The van der Waals surface area contributed by atoms with Crippen LogP contribution < -0.4 is 10.2 Å². The number of nitrogens with one attached hydrogen (secondary N) is 1. The molecule has 0 radical (unpaired) electrons. The van der Waals surface area contributed by atoms with Gasteiger partial charge in [-0.2, -0.15) is 0 Å². The summed E-state index contributed by atoms with van der Waals surface area (Å²) in [6.07, 6.45) is 3.33. The first kappa shape index (κ1) is 28.1. The lowest BCUT2D eigenvalue weighted by atomic mass is 10.0. The van der Waals surface area contributed by atoms with E-state index in [1.807, 2.05) is 32.0 Å². The van der Waals surface area contributed by atoms with Crippen molar-refractivity contribution >= 4 is 27.3 Å². The lowest BCUT2D eigenvalue weighted by Crippen LogP contribution is -2.36. The van der Waals surface area contributed by atoms with Crippen LogP contribution in [0.5, 0.6) is 0 Å². The molecule has 2 aliphatic heterocycles. The highest BCUT2D eigenvalue weighted by Crippen LogP contribution is 2.38. The van der Waals surface area contributed by atoms with Crippen molar-refractivity contribution in [3.63, 3.8) is 0 Å². The van der Waals surface area contributed by atoms with Crippen LogP contribution in [0.1, 0.15) is 63.6 Å². The number of carbonyl (C=O) groups excluding carboxylic acids is 2. The number of aryl methyl sites for hydroxylation is 2. The molecule has 1 N–H and O–H groups in total. The number of benzene rings is 3. The van der Waals surface area contributed by atoms with E-state index in [1.165, 1.54) is 35.9 Å². The number of sulfone groups is 1. The molecule has 3 aromatic rings. The first-order valence-electron chi connectivity index (χ1n) is 14.0. The van der Waals surface area contributed by atoms with Gasteiger partial charge in [0, 0.05) is 18.7 Å². The maximum absolute atomic E-state index is 13.9. The van der Waals surface area contributed by atoms with E-state index in [0.717, 1.165) is 42.7 Å². The van der Waals surface area contributed by atoms with Gasteiger partial charge in [0.25, 0.3) is 11.8 Å². The number of piperidine rings is 1. The third kappa shape index (κ3) is 5.69. The van der Waals surface area contributed by atoms with Gasteiger partial charge in [-0.15, -0.1) is 0 Å². The van der Waals surface area contributed by atoms with Crippen LogP contribution in [0.15, 0.2) is 70.5 Å². The van der Waals surface area contributed by atoms with Crippen LogP contribution in [0.2, 0.25) is 0 Å². The first-order chi connectivity index (χ1) is 19.1. The van der Waals surface area contributed by atoms with Crippen molar-refractivity contribution in [3.05, 3.63) is 88.5 Å². The van der Waals surface area contributed by atoms with Crippen LogP contribution in [0.3, 0.4) is 0 Å². The third-order valence-electron chi connectivity index (χ3n) is 7.96. The summed E-state index contributed by atoms with van der Waals surface area (Å²) < 4.78 is 27.5. The number of amides is 2. The van der Waals surface area contributed by atoms with Crippen LogP contribution in [0.25, 0.3) is 0 Å². The maximum Gasteiger partial charge on any atom is 0.259 e. The van der Waals surface area contributed by atoms with Crippen molar-refractivity contribution < 1.29 is 18.0 Å². The number of hydrogen-bond acceptors (Lipinski definition) is 5. The molecule has 1 atom stereocenters. The molecule has 40 heavy (non-hydrogen) atoms. The van der Waals surface area contributed by atoms with Gasteiger partial charge in [-0.1, -0.05) is 42.8 Å². The summed E-state index contributed by atoms with van der Waals surface area (Å²) in [4.78, 5) is 31.0. The number of likely N-dealkylation sites (tertiary alicyclic amines) is 1. The number of fused-ring (bicyclic) bond motifs is 2. The molecular formula is C32H37N3O4S. The molecule has 3 aromatic carbocycles. The highest BCUT2D eigenvalue weighted by Gasteiger charge is 2.36. The Morgan fingerprint density at radius 3 is 2.62 bits per heavy atom. The topological polar surface area (TPSA) is 86.8 Å². The second-order valence-corrected chi connectivity index (χ2v) is 13.0. The highest BCUT2D eigenvalue weighted by molar-refractivity contribution is 7.91. The molecule has 1 fully saturated rings. The quantitative estimate of drug-likeness (QED) is 0.405. The molecule has 0 aliphatic carbocycles. The van der Waals surface area contributed by atoms with Crippen molar-refractivity contribution in [2.24, 2.45) is 5.92 Å². The number of hydrogen-bond donors (Lipinski definition) is 1. The second-order valence-electron chi connectivity index (χ2n) is 11.2. The molecule has 8 heteroatoms. The van der Waals surface area contributed by atoms with E-state index >= 15 is 0 Å². The summed E-state index contributed by atoms with van der Waals surface area (Å²) in [5.41, 5.74) is 3.63. The standard InChI is InChI=1S/C32H37N3O4S/c1-22-11-12-24(3)26(18-22)21-35-28-19-25(31(36)33-15-7-17-34-16-6-8-23(2)20-34)13-14-30(28)40(38,39)29-10-5-4-9-27(29)32(35)37/h4-5,9-14,18-19,23H,6-8,15-17,20-21H2,1-3H3,(H,33,36)/t23-/m1/s1. The van der Waals surface area contributed by atoms with E-state index in [0.29, 0.717) is 18.0 Å². The first-order valence-corrected chi connectivity index (χ1v) is 15.5. The second kappa shape index (κ2) is 11.6. The molecule has 0 unspecified atom stereocenters. The summed E-state index contributed by atoms with van der Waals surface area (Å²) in [6, 6.07) is 16.9. The number of rotatable bonds is 7. The Morgan fingerprint density at radius 2 is 1.82 bits per heavy atom. The van der Waals surface area contributed by atoms with Crippen LogP contribution in [-0.2, 0) is 16.4 Å². The van der Waals surface area contributed by atoms with Crippen LogP contribution in [0.4, 0.5) is 5.69 Å². The average Bonchev–Trinajstić information content (AvgIpc) is 3.01. The predicted octanol–water partition coefficient (Wildman–Crippen LogP) is 5.15. The molecular weight excluding hydrogens is 522 g/mol. The largest absolute Gasteiger partial charge is 0.352 e. The van der Waals surface area contributed by atoms with Crippen molar-refractivity contribution in [2.45, 2.75) is 56.4 Å². The summed E-state index contributed by atoms with van der Waals surface area (Å²) >= 11 is 0. The van der Waals surface area contributed by atoms with E-state index in [2.05, 4.69) is 17.1 Å². The maximum atomic E-state index is 13.9. The van der Waals surface area contributed by atoms with Gasteiger partial charge in [-0.25, -0.2) is 8.42 Å². The normalized spacial score (nSPS) is 18.5. The summed E-state index contributed by atoms with van der Waals surface area (Å²) in [6.45, 7) is 10.1. The van der Waals surface area contributed by atoms with E-state index in [9.17, 15) is 18.0 Å². The van der Waals surface area contributed by atoms with Gasteiger partial charge in [0.05, 0.1) is 27.6 Å². The minimum atomic E-state index is -3.99. The van der Waals surface area contributed by atoms with Gasteiger partial charge < -0.3 is 15.1 Å². The molecule has 0 aromatic heterocycles. The van der Waals surface area contributed by atoms with E-state index < -0.39 is 15.7 Å². The van der Waals surface area contributed by atoms with Gasteiger partial charge in [0.15, 0.2) is 0 Å². The molecule has 0 bridgehead atoms.